The third kappa shape index (κ3) is 11.1. The zero-order valence-electron chi connectivity index (χ0n) is 39.8. The summed E-state index contributed by atoms with van der Waals surface area (Å²) >= 11 is 7.02. The van der Waals surface area contributed by atoms with Crippen LogP contribution < -0.4 is 0 Å². The first-order valence-electron chi connectivity index (χ1n) is 24.7. The van der Waals surface area contributed by atoms with Crippen molar-refractivity contribution >= 4 is 104 Å². The predicted octanol–water partition coefficient (Wildman–Crippen LogP) is 17.9. The van der Waals surface area contributed by atoms with Gasteiger partial charge in [-0.2, -0.15) is 5.26 Å². The third-order valence-electron chi connectivity index (χ3n) is 12.8. The summed E-state index contributed by atoms with van der Waals surface area (Å²) in [5.41, 5.74) is 11.1. The lowest BCUT2D eigenvalue weighted by Crippen LogP contribution is -1.96. The molecule has 3 N–H and O–H groups in total. The van der Waals surface area contributed by atoms with Crippen LogP contribution in [0.5, 0.6) is 0 Å². The Hall–Kier alpha value is -5.90. The maximum Gasteiger partial charge on any atom is 0.346 e. The van der Waals surface area contributed by atoms with E-state index in [-0.39, 0.29) is 5.57 Å². The predicted molar refractivity (Wildman–Crippen MR) is 297 cm³/mol. The molecule has 69 heavy (non-hydrogen) atoms. The van der Waals surface area contributed by atoms with E-state index in [1.165, 1.54) is 114 Å². The van der Waals surface area contributed by atoms with Gasteiger partial charge in [0.05, 0.1) is 22.8 Å². The van der Waals surface area contributed by atoms with Gasteiger partial charge in [0.25, 0.3) is 0 Å². The van der Waals surface area contributed by atoms with E-state index in [9.17, 15) is 15.2 Å². The van der Waals surface area contributed by atoms with Crippen molar-refractivity contribution in [3.8, 4) is 47.8 Å². The Labute approximate surface area is 421 Å². The SMILES string of the molecule is CCCCCCc1ccc(-c2c3nc(c(-c4ccc(CCCCCC)s4)c4ccc([nH]4)c(-c4ccc(CCCCCC)s4)c4nc(c(-c5ccc(/C=C(/C#N)C(=O)O)s5)c5ccc2[nH]5)C=C4)C=C3)s1. The second-order valence-electron chi connectivity index (χ2n) is 17.9. The average molecular weight is 986 g/mol. The van der Waals surface area contributed by atoms with Crippen LogP contribution in [0.3, 0.4) is 0 Å². The average Bonchev–Trinajstić information content (AvgIpc) is 4.20. The fourth-order valence-electron chi connectivity index (χ4n) is 9.21. The maximum absolute atomic E-state index is 11.9. The van der Waals surface area contributed by atoms with Crippen LogP contribution in [0.4, 0.5) is 0 Å². The number of nitrogens with one attached hydrogen (secondary N) is 2. The van der Waals surface area contributed by atoms with E-state index in [1.54, 1.807) is 0 Å². The molecule has 0 aromatic carbocycles. The van der Waals surface area contributed by atoms with Crippen molar-refractivity contribution in [3.05, 3.63) is 121 Å². The Morgan fingerprint density at radius 3 is 1.19 bits per heavy atom. The van der Waals surface area contributed by atoms with E-state index in [1.807, 2.05) is 52.2 Å². The zero-order valence-corrected chi connectivity index (χ0v) is 43.0. The molecule has 7 aromatic heterocycles. The Morgan fingerprint density at radius 2 is 0.855 bits per heavy atom. The highest BCUT2D eigenvalue weighted by Crippen LogP contribution is 2.43. The molecule has 8 bridgehead atoms. The number of aliphatic carboxylic acids is 1. The first kappa shape index (κ1) is 48.1. The summed E-state index contributed by atoms with van der Waals surface area (Å²) in [4.78, 5) is 40.0. The van der Waals surface area contributed by atoms with Gasteiger partial charge in [-0.3, -0.25) is 0 Å². The van der Waals surface area contributed by atoms with Gasteiger partial charge in [-0.1, -0.05) is 78.6 Å². The van der Waals surface area contributed by atoms with Gasteiger partial charge in [0.2, 0.25) is 0 Å². The molecule has 9 rings (SSSR count). The highest BCUT2D eigenvalue weighted by molar-refractivity contribution is 7.17. The number of H-pyrrole nitrogens is 2. The van der Waals surface area contributed by atoms with Crippen molar-refractivity contribution < 1.29 is 9.90 Å². The number of aromatic amines is 2. The Balaban J connectivity index is 1.31. The molecule has 0 saturated heterocycles. The Morgan fingerprint density at radius 1 is 0.507 bits per heavy atom. The van der Waals surface area contributed by atoms with Gasteiger partial charge < -0.3 is 15.1 Å². The number of hydrogen-bond acceptors (Lipinski definition) is 8. The first-order valence-corrected chi connectivity index (χ1v) is 28.0. The molecule has 0 fully saturated rings. The summed E-state index contributed by atoms with van der Waals surface area (Å²) in [5.74, 6) is -1.25. The number of carbonyl (C=O) groups is 1. The minimum absolute atomic E-state index is 0.309. The molecule has 352 valence electrons. The summed E-state index contributed by atoms with van der Waals surface area (Å²) < 4.78 is 0. The summed E-state index contributed by atoms with van der Waals surface area (Å²) in [6.07, 6.45) is 27.9. The van der Waals surface area contributed by atoms with E-state index in [2.05, 4.69) is 116 Å². The molecule has 0 aliphatic carbocycles. The van der Waals surface area contributed by atoms with Crippen LogP contribution in [0.2, 0.25) is 0 Å². The number of fused-ring (bicyclic) bond motifs is 8. The fraction of sp³-hybridized carbons (Fsp3) is 0.310. The highest BCUT2D eigenvalue weighted by Gasteiger charge is 2.22. The van der Waals surface area contributed by atoms with Gasteiger partial charge in [0.1, 0.15) is 11.6 Å². The normalized spacial score (nSPS) is 12.3. The van der Waals surface area contributed by atoms with Crippen molar-refractivity contribution in [1.29, 1.82) is 5.26 Å². The molecular weight excluding hydrogens is 927 g/mol. The molecule has 0 saturated carbocycles. The number of aromatic nitrogens is 4. The van der Waals surface area contributed by atoms with Crippen molar-refractivity contribution in [2.45, 2.75) is 117 Å². The van der Waals surface area contributed by atoms with E-state index in [0.717, 1.165) is 101 Å². The van der Waals surface area contributed by atoms with Crippen molar-refractivity contribution in [2.75, 3.05) is 0 Å². The molecule has 7 aromatic rings. The first-order chi connectivity index (χ1) is 33.8. The number of unbranched alkanes of at least 4 members (excludes halogenated alkanes) is 9. The zero-order chi connectivity index (χ0) is 47.7. The fourth-order valence-corrected chi connectivity index (χ4v) is 13.6. The molecule has 0 spiro atoms. The molecule has 9 heterocycles. The van der Waals surface area contributed by atoms with Gasteiger partial charge in [-0.05, 0) is 142 Å². The van der Waals surface area contributed by atoms with Gasteiger partial charge in [-0.25, -0.2) is 14.8 Å². The van der Waals surface area contributed by atoms with Crippen LogP contribution in [0, 0.1) is 11.3 Å². The second kappa shape index (κ2) is 22.7. The molecular formula is C58H59N5O2S4. The van der Waals surface area contributed by atoms with Gasteiger partial charge in [0, 0.05) is 83.3 Å². The van der Waals surface area contributed by atoms with Crippen LogP contribution in [-0.4, -0.2) is 31.0 Å². The molecule has 11 heteroatoms. The molecule has 2 aliphatic rings. The number of nitriles is 1. The van der Waals surface area contributed by atoms with E-state index in [0.29, 0.717) is 4.88 Å². The number of aryl methyl sites for hydroxylation is 3. The number of carboxylic acid groups (broad SMARTS) is 1. The maximum atomic E-state index is 11.9. The highest BCUT2D eigenvalue weighted by atomic mass is 32.1. The topological polar surface area (TPSA) is 118 Å². The molecule has 0 atom stereocenters. The van der Waals surface area contributed by atoms with E-state index < -0.39 is 5.97 Å². The summed E-state index contributed by atoms with van der Waals surface area (Å²) in [6.45, 7) is 6.78. The molecule has 7 nitrogen and oxygen atoms in total. The van der Waals surface area contributed by atoms with Crippen LogP contribution in [-0.2, 0) is 24.1 Å². The van der Waals surface area contributed by atoms with Crippen molar-refractivity contribution in [3.63, 3.8) is 0 Å². The van der Waals surface area contributed by atoms with E-state index in [4.69, 9.17) is 9.97 Å². The van der Waals surface area contributed by atoms with Gasteiger partial charge in [-0.15, -0.1) is 45.3 Å². The van der Waals surface area contributed by atoms with Crippen LogP contribution in [0.1, 0.15) is 140 Å². The number of thiophene rings is 4. The quantitative estimate of drug-likeness (QED) is 0.0376. The van der Waals surface area contributed by atoms with Crippen molar-refractivity contribution in [2.24, 2.45) is 0 Å². The lowest BCUT2D eigenvalue weighted by atomic mass is 10.1. The Kier molecular flexibility index (Phi) is 15.8. The monoisotopic (exact) mass is 985 g/mol. The van der Waals surface area contributed by atoms with Crippen LogP contribution in [0.15, 0.2) is 78.4 Å². The lowest BCUT2D eigenvalue weighted by Gasteiger charge is -2.04. The summed E-state index contributed by atoms with van der Waals surface area (Å²) in [6, 6.07) is 28.1. The molecule has 0 radical (unpaired) electrons. The van der Waals surface area contributed by atoms with Gasteiger partial charge >= 0.3 is 5.97 Å². The largest absolute Gasteiger partial charge is 0.477 e. The molecule has 2 aliphatic heterocycles. The number of hydrogen-bond donors (Lipinski definition) is 3. The van der Waals surface area contributed by atoms with Crippen LogP contribution in [0.25, 0.3) is 94.2 Å². The van der Waals surface area contributed by atoms with E-state index >= 15 is 0 Å². The molecule has 0 amide bonds. The number of nitrogens with zero attached hydrogens (tertiary/aromatic N) is 3. The lowest BCUT2D eigenvalue weighted by molar-refractivity contribution is -0.132. The third-order valence-corrected chi connectivity index (χ3v) is 17.4. The summed E-state index contributed by atoms with van der Waals surface area (Å²) in [7, 11) is 0. The smallest absolute Gasteiger partial charge is 0.346 e. The van der Waals surface area contributed by atoms with Crippen LogP contribution >= 0.6 is 45.3 Å². The standard InChI is InChI=1S/C58H59N5O2S4/c1-4-7-10-13-16-38-19-31-50(66-38)54-42-23-25-44(60-42)55(51-32-20-39(67-51)17-14-11-8-5-2)46-27-29-48(62-46)57(53-34-22-41(69-53)35-37(36-59)58(64)65)49-30-28-47(63-49)56(45-26-24-43(54)61-45)52-33-21-40(68-52)18-15-12-9-6-3/h19-35,60,63H,4-18H2,1-3H3,(H,64,65)/b37-35-,54-42?,54-43?,55-44?,55-46?,56-45?,56-47?,57-48?,57-49?. The molecule has 0 unspecified atom stereocenters. The van der Waals surface area contributed by atoms with Gasteiger partial charge in [0.15, 0.2) is 0 Å². The minimum Gasteiger partial charge on any atom is -0.477 e. The second-order valence-corrected chi connectivity index (χ2v) is 22.5. The van der Waals surface area contributed by atoms with Crippen molar-refractivity contribution in [1.82, 2.24) is 19.9 Å². The minimum atomic E-state index is -1.25. The summed E-state index contributed by atoms with van der Waals surface area (Å²) in [5, 5.41) is 19.3. The number of carboxylic acids is 1. The number of rotatable bonds is 21. The Bertz CT molecular complexity index is 3220.